The number of amides is 2. The number of rotatable bonds is 3. The van der Waals surface area contributed by atoms with E-state index < -0.39 is 9.84 Å². The van der Waals surface area contributed by atoms with Crippen LogP contribution in [0.3, 0.4) is 0 Å². The second-order valence-electron chi connectivity index (χ2n) is 5.93. The monoisotopic (exact) mass is 340 g/mol. The number of benzene rings is 1. The summed E-state index contributed by atoms with van der Waals surface area (Å²) in [4.78, 5) is 13.6. The Bertz CT molecular complexity index is 691. The van der Waals surface area contributed by atoms with Crippen LogP contribution in [-0.4, -0.2) is 63.2 Å². The molecule has 0 saturated carbocycles. The Kier molecular flexibility index (Phi) is 4.34. The normalized spacial score (nSPS) is 24.9. The third kappa shape index (κ3) is 3.87. The molecule has 1 aromatic rings. The molecule has 2 heterocycles. The minimum Gasteiger partial charge on any atom is -0.486 e. The lowest BCUT2D eigenvalue weighted by atomic mass is 10.2. The van der Waals surface area contributed by atoms with Gasteiger partial charge in [-0.2, -0.15) is 0 Å². The van der Waals surface area contributed by atoms with Gasteiger partial charge in [0.15, 0.2) is 27.4 Å². The number of carbonyl (C=O) groups excluding carboxylic acids is 1. The summed E-state index contributed by atoms with van der Waals surface area (Å²) in [6, 6.07) is 6.79. The van der Waals surface area contributed by atoms with Crippen LogP contribution in [0.25, 0.3) is 0 Å². The summed E-state index contributed by atoms with van der Waals surface area (Å²) in [7, 11) is -1.35. The number of nitrogens with one attached hydrogen (secondary N) is 1. The average molecular weight is 340 g/mol. The third-order valence-corrected chi connectivity index (χ3v) is 5.72. The van der Waals surface area contributed by atoms with Crippen molar-refractivity contribution in [2.45, 2.75) is 18.6 Å². The van der Waals surface area contributed by atoms with Crippen molar-refractivity contribution in [3.8, 4) is 11.5 Å². The molecule has 1 aromatic carbocycles. The molecule has 0 bridgehead atoms. The maximum atomic E-state index is 12.2. The Morgan fingerprint density at radius 1 is 1.35 bits per heavy atom. The molecule has 1 fully saturated rings. The number of hydrogen-bond acceptors (Lipinski definition) is 5. The van der Waals surface area contributed by atoms with Crippen LogP contribution in [0, 0.1) is 0 Å². The zero-order valence-corrected chi connectivity index (χ0v) is 13.7. The van der Waals surface area contributed by atoms with E-state index in [4.69, 9.17) is 9.47 Å². The van der Waals surface area contributed by atoms with Gasteiger partial charge in [-0.15, -0.1) is 0 Å². The molecule has 0 unspecified atom stereocenters. The third-order valence-electron chi connectivity index (χ3n) is 3.95. The summed E-state index contributed by atoms with van der Waals surface area (Å²) < 4.78 is 34.3. The summed E-state index contributed by atoms with van der Waals surface area (Å²) in [6.45, 7) is 0.728. The van der Waals surface area contributed by atoms with E-state index in [1.807, 2.05) is 24.3 Å². The lowest BCUT2D eigenvalue weighted by molar-refractivity contribution is 0.0713. The van der Waals surface area contributed by atoms with Gasteiger partial charge >= 0.3 is 6.03 Å². The van der Waals surface area contributed by atoms with Crippen molar-refractivity contribution in [1.29, 1.82) is 0 Å². The SMILES string of the molecule is CN(C[C@H]1COc2ccccc2O1)C(=O)N[C@H]1CCS(=O)(=O)C1. The standard InChI is InChI=1S/C15H20N2O5S/c1-17(15(18)16-11-6-7-23(19,20)10-11)8-12-9-21-13-4-2-3-5-14(13)22-12/h2-5,11-12H,6-10H2,1H3,(H,16,18)/t11-,12-/m0/s1. The highest BCUT2D eigenvalue weighted by Crippen LogP contribution is 2.30. The van der Waals surface area contributed by atoms with Crippen LogP contribution in [0.2, 0.25) is 0 Å². The van der Waals surface area contributed by atoms with Gasteiger partial charge in [0, 0.05) is 13.1 Å². The number of likely N-dealkylation sites (N-methyl/N-ethyl adjacent to an activating group) is 1. The molecule has 1 saturated heterocycles. The topological polar surface area (TPSA) is 84.9 Å². The molecule has 2 atom stereocenters. The Hall–Kier alpha value is -1.96. The van der Waals surface area contributed by atoms with Gasteiger partial charge < -0.3 is 19.7 Å². The molecule has 0 aliphatic carbocycles. The number of carbonyl (C=O) groups is 1. The first-order chi connectivity index (χ1) is 10.9. The molecule has 2 aliphatic rings. The molecular formula is C15H20N2O5S. The first-order valence-electron chi connectivity index (χ1n) is 7.53. The Morgan fingerprint density at radius 3 is 2.78 bits per heavy atom. The van der Waals surface area contributed by atoms with Gasteiger partial charge in [-0.25, -0.2) is 13.2 Å². The van der Waals surface area contributed by atoms with Crippen LogP contribution < -0.4 is 14.8 Å². The summed E-state index contributed by atoms with van der Waals surface area (Å²) in [5.41, 5.74) is 0. The molecule has 126 valence electrons. The highest BCUT2D eigenvalue weighted by molar-refractivity contribution is 7.91. The highest BCUT2D eigenvalue weighted by atomic mass is 32.2. The van der Waals surface area contributed by atoms with E-state index in [9.17, 15) is 13.2 Å². The van der Waals surface area contributed by atoms with Crippen LogP contribution in [0.5, 0.6) is 11.5 Å². The summed E-state index contributed by atoms with van der Waals surface area (Å²) in [5, 5.41) is 2.75. The van der Waals surface area contributed by atoms with Crippen molar-refractivity contribution in [3.05, 3.63) is 24.3 Å². The smallest absolute Gasteiger partial charge is 0.317 e. The molecule has 23 heavy (non-hydrogen) atoms. The van der Waals surface area contributed by atoms with Gasteiger partial charge in [-0.05, 0) is 18.6 Å². The molecule has 7 nitrogen and oxygen atoms in total. The fraction of sp³-hybridized carbons (Fsp3) is 0.533. The molecular weight excluding hydrogens is 320 g/mol. The zero-order valence-electron chi connectivity index (χ0n) is 12.9. The molecule has 0 radical (unpaired) electrons. The molecule has 0 spiro atoms. The van der Waals surface area contributed by atoms with Gasteiger partial charge in [-0.3, -0.25) is 0 Å². The maximum absolute atomic E-state index is 12.2. The lowest BCUT2D eigenvalue weighted by Crippen LogP contribution is -2.48. The van der Waals surface area contributed by atoms with Gasteiger partial charge in [0.25, 0.3) is 0 Å². The number of fused-ring (bicyclic) bond motifs is 1. The predicted molar refractivity (Wildman–Crippen MR) is 84.6 cm³/mol. The predicted octanol–water partition coefficient (Wildman–Crippen LogP) is 0.655. The van der Waals surface area contributed by atoms with Crippen LogP contribution in [0.15, 0.2) is 24.3 Å². The number of hydrogen-bond donors (Lipinski definition) is 1. The van der Waals surface area contributed by atoms with E-state index in [1.54, 1.807) is 7.05 Å². The number of nitrogens with zero attached hydrogens (tertiary/aromatic N) is 1. The fourth-order valence-corrected chi connectivity index (χ4v) is 4.41. The van der Waals surface area contributed by atoms with Crippen molar-refractivity contribution in [3.63, 3.8) is 0 Å². The molecule has 0 aromatic heterocycles. The fourth-order valence-electron chi connectivity index (χ4n) is 2.74. The van der Waals surface area contributed by atoms with Crippen LogP contribution in [-0.2, 0) is 9.84 Å². The number of para-hydroxylation sites is 2. The van der Waals surface area contributed by atoms with E-state index in [1.165, 1.54) is 4.90 Å². The van der Waals surface area contributed by atoms with Crippen molar-refractivity contribution in [1.82, 2.24) is 10.2 Å². The molecule has 2 amide bonds. The Balaban J connectivity index is 1.51. The van der Waals surface area contributed by atoms with E-state index in [2.05, 4.69) is 5.32 Å². The number of ether oxygens (including phenoxy) is 2. The first kappa shape index (κ1) is 15.9. The van der Waals surface area contributed by atoms with Crippen LogP contribution in [0.4, 0.5) is 4.79 Å². The van der Waals surface area contributed by atoms with E-state index in [0.717, 1.165) is 0 Å². The van der Waals surface area contributed by atoms with Crippen molar-refractivity contribution in [2.75, 3.05) is 31.7 Å². The Morgan fingerprint density at radius 2 is 2.09 bits per heavy atom. The lowest BCUT2D eigenvalue weighted by Gasteiger charge is -2.30. The quantitative estimate of drug-likeness (QED) is 0.873. The number of sulfone groups is 1. The van der Waals surface area contributed by atoms with Gasteiger partial charge in [0.05, 0.1) is 18.1 Å². The van der Waals surface area contributed by atoms with Crippen molar-refractivity contribution >= 4 is 15.9 Å². The van der Waals surface area contributed by atoms with Crippen LogP contribution >= 0.6 is 0 Å². The Labute approximate surface area is 135 Å². The molecule has 2 aliphatic heterocycles. The van der Waals surface area contributed by atoms with Gasteiger partial charge in [0.1, 0.15) is 6.61 Å². The first-order valence-corrected chi connectivity index (χ1v) is 9.35. The maximum Gasteiger partial charge on any atom is 0.317 e. The number of urea groups is 1. The average Bonchev–Trinajstić information content (AvgIpc) is 2.86. The second kappa shape index (κ2) is 6.27. The zero-order chi connectivity index (χ0) is 16.4. The summed E-state index contributed by atoms with van der Waals surface area (Å²) in [5.74, 6) is 1.52. The van der Waals surface area contributed by atoms with Crippen molar-refractivity contribution in [2.24, 2.45) is 0 Å². The van der Waals surface area contributed by atoms with E-state index in [-0.39, 0.29) is 29.7 Å². The minimum atomic E-state index is -3.01. The van der Waals surface area contributed by atoms with Crippen LogP contribution in [0.1, 0.15) is 6.42 Å². The minimum absolute atomic E-state index is 0.0169. The van der Waals surface area contributed by atoms with Crippen molar-refractivity contribution < 1.29 is 22.7 Å². The summed E-state index contributed by atoms with van der Waals surface area (Å²) in [6.07, 6.45) is 0.214. The van der Waals surface area contributed by atoms with Gasteiger partial charge in [0.2, 0.25) is 0 Å². The van der Waals surface area contributed by atoms with E-state index >= 15 is 0 Å². The molecule has 3 rings (SSSR count). The molecule has 8 heteroatoms. The molecule has 1 N–H and O–H groups in total. The highest BCUT2D eigenvalue weighted by Gasteiger charge is 2.30. The van der Waals surface area contributed by atoms with E-state index in [0.29, 0.717) is 31.1 Å². The largest absolute Gasteiger partial charge is 0.486 e. The van der Waals surface area contributed by atoms with Gasteiger partial charge in [-0.1, -0.05) is 12.1 Å². The second-order valence-corrected chi connectivity index (χ2v) is 8.16. The summed E-state index contributed by atoms with van der Waals surface area (Å²) >= 11 is 0.